The summed E-state index contributed by atoms with van der Waals surface area (Å²) in [5.41, 5.74) is 0. The van der Waals surface area contributed by atoms with Crippen molar-refractivity contribution in [2.45, 2.75) is 83.7 Å². The molecular weight excluding hydrogens is 288 g/mol. The van der Waals surface area contributed by atoms with Crippen molar-refractivity contribution in [1.82, 2.24) is 0 Å². The van der Waals surface area contributed by atoms with Gasteiger partial charge in [-0.25, -0.2) is 0 Å². The summed E-state index contributed by atoms with van der Waals surface area (Å²) < 4.78 is 0. The molecule has 0 fully saturated rings. The van der Waals surface area contributed by atoms with E-state index in [1.807, 2.05) is 18.2 Å². The maximum Gasteiger partial charge on any atom is 0.303 e. The fraction of sp³-hybridized carbons (Fsp3) is 0.650. The van der Waals surface area contributed by atoms with Crippen LogP contribution in [0.2, 0.25) is 0 Å². The minimum atomic E-state index is -0.704. The van der Waals surface area contributed by atoms with E-state index in [2.05, 4.69) is 25.2 Å². The molecule has 0 amide bonds. The Hall–Kier alpha value is -1.35. The fourth-order valence-corrected chi connectivity index (χ4v) is 2.20. The van der Waals surface area contributed by atoms with Crippen LogP contribution in [0.3, 0.4) is 0 Å². The third-order valence-electron chi connectivity index (χ3n) is 3.61. The van der Waals surface area contributed by atoms with Gasteiger partial charge in [0.1, 0.15) is 0 Å². The van der Waals surface area contributed by atoms with E-state index in [0.29, 0.717) is 6.42 Å². The van der Waals surface area contributed by atoms with Crippen molar-refractivity contribution in [3.8, 4) is 0 Å². The van der Waals surface area contributed by atoms with Crippen LogP contribution in [0, 0.1) is 0 Å². The van der Waals surface area contributed by atoms with Gasteiger partial charge in [0.15, 0.2) is 0 Å². The van der Waals surface area contributed by atoms with Gasteiger partial charge in [-0.3, -0.25) is 4.79 Å². The third-order valence-corrected chi connectivity index (χ3v) is 3.61. The number of unbranched alkanes of at least 4 members (excludes halogenated alkanes) is 7. The molecule has 0 bridgehead atoms. The average Bonchev–Trinajstić information content (AvgIpc) is 2.52. The molecule has 0 aromatic carbocycles. The van der Waals surface area contributed by atoms with E-state index in [0.717, 1.165) is 38.5 Å². The Bertz CT molecular complexity index is 356. The van der Waals surface area contributed by atoms with Crippen LogP contribution in [0.4, 0.5) is 0 Å². The molecule has 0 spiro atoms. The van der Waals surface area contributed by atoms with Gasteiger partial charge in [0.05, 0.1) is 6.10 Å². The lowest BCUT2D eigenvalue weighted by Gasteiger charge is -1.99. The summed E-state index contributed by atoms with van der Waals surface area (Å²) in [6.45, 7) is 2.20. The second-order valence-corrected chi connectivity index (χ2v) is 5.93. The summed E-state index contributed by atoms with van der Waals surface area (Å²) >= 11 is 0. The molecule has 2 N–H and O–H groups in total. The molecule has 0 aromatic rings. The first-order valence-electron chi connectivity index (χ1n) is 9.05. The van der Waals surface area contributed by atoms with Crippen LogP contribution in [0.15, 0.2) is 36.5 Å². The molecule has 132 valence electrons. The molecule has 0 heterocycles. The second-order valence-electron chi connectivity index (χ2n) is 5.93. The van der Waals surface area contributed by atoms with Crippen molar-refractivity contribution in [2.75, 3.05) is 0 Å². The summed E-state index contributed by atoms with van der Waals surface area (Å²) in [5.74, 6) is -0.704. The van der Waals surface area contributed by atoms with Gasteiger partial charge in [-0.1, -0.05) is 69.1 Å². The molecular formula is C20H34O3. The zero-order chi connectivity index (χ0) is 17.2. The highest BCUT2D eigenvalue weighted by Crippen LogP contribution is 2.06. The number of aliphatic carboxylic acids is 1. The number of rotatable bonds is 15. The first-order valence-corrected chi connectivity index (χ1v) is 9.05. The van der Waals surface area contributed by atoms with Crippen molar-refractivity contribution in [1.29, 1.82) is 0 Å². The van der Waals surface area contributed by atoms with Gasteiger partial charge in [0, 0.05) is 6.42 Å². The Morgan fingerprint density at radius 3 is 2.35 bits per heavy atom. The summed E-state index contributed by atoms with van der Waals surface area (Å²) in [4.78, 5) is 10.3. The molecule has 1 atom stereocenters. The van der Waals surface area contributed by atoms with E-state index in [-0.39, 0.29) is 6.42 Å². The van der Waals surface area contributed by atoms with Crippen molar-refractivity contribution in [3.63, 3.8) is 0 Å². The predicted molar refractivity (Wildman–Crippen MR) is 97.5 cm³/mol. The molecule has 0 aliphatic heterocycles. The van der Waals surface area contributed by atoms with E-state index in [9.17, 15) is 9.90 Å². The van der Waals surface area contributed by atoms with Crippen LogP contribution in [0.5, 0.6) is 0 Å². The molecule has 0 saturated carbocycles. The quantitative estimate of drug-likeness (QED) is 0.241. The van der Waals surface area contributed by atoms with Crippen LogP contribution in [0.25, 0.3) is 0 Å². The molecule has 0 saturated heterocycles. The van der Waals surface area contributed by atoms with Crippen LogP contribution < -0.4 is 0 Å². The van der Waals surface area contributed by atoms with Crippen molar-refractivity contribution in [2.24, 2.45) is 0 Å². The van der Waals surface area contributed by atoms with Crippen LogP contribution in [0.1, 0.15) is 77.6 Å². The van der Waals surface area contributed by atoms with Crippen molar-refractivity contribution in [3.05, 3.63) is 36.5 Å². The first kappa shape index (κ1) is 21.6. The van der Waals surface area contributed by atoms with Crippen molar-refractivity contribution < 1.29 is 15.0 Å². The molecule has 3 heteroatoms. The first-order chi connectivity index (χ1) is 11.2. The lowest BCUT2D eigenvalue weighted by Crippen LogP contribution is -1.98. The summed E-state index contributed by atoms with van der Waals surface area (Å²) in [7, 11) is 0. The zero-order valence-corrected chi connectivity index (χ0v) is 14.6. The van der Waals surface area contributed by atoms with Gasteiger partial charge in [-0.05, 0) is 38.5 Å². The molecule has 0 radical (unpaired) electrons. The Kier molecular flexibility index (Phi) is 16.0. The SMILES string of the molecule is CCCCCC=CCC(O)C=CC=CCCCCCCC(=O)O. The normalized spacial score (nSPS) is 13.5. The Morgan fingerprint density at radius 1 is 0.913 bits per heavy atom. The largest absolute Gasteiger partial charge is 0.481 e. The maximum atomic E-state index is 10.3. The topological polar surface area (TPSA) is 57.5 Å². The third kappa shape index (κ3) is 18.6. The lowest BCUT2D eigenvalue weighted by molar-refractivity contribution is -0.137. The number of carboxylic acid groups (broad SMARTS) is 1. The smallest absolute Gasteiger partial charge is 0.303 e. The van der Waals surface area contributed by atoms with Gasteiger partial charge in [-0.2, -0.15) is 0 Å². The standard InChI is InChI=1S/C20H34O3/c1-2-3-4-5-10-13-16-19(21)17-14-11-8-6-7-9-12-15-18-20(22)23/h8,10-11,13-14,17,19,21H,2-7,9,12,15-16,18H2,1H3,(H,22,23). The number of aliphatic hydroxyl groups is 1. The molecule has 0 aliphatic rings. The highest BCUT2D eigenvalue weighted by Gasteiger charge is 1.95. The Labute approximate surface area is 141 Å². The number of aliphatic hydroxyl groups excluding tert-OH is 1. The van der Waals surface area contributed by atoms with Gasteiger partial charge in [0.25, 0.3) is 0 Å². The summed E-state index contributed by atoms with van der Waals surface area (Å²) in [6.07, 6.45) is 22.4. The van der Waals surface area contributed by atoms with E-state index >= 15 is 0 Å². The minimum absolute atomic E-state index is 0.281. The van der Waals surface area contributed by atoms with Gasteiger partial charge in [-0.15, -0.1) is 0 Å². The molecule has 1 unspecified atom stereocenters. The summed E-state index contributed by atoms with van der Waals surface area (Å²) in [6, 6.07) is 0. The zero-order valence-electron chi connectivity index (χ0n) is 14.6. The van der Waals surface area contributed by atoms with E-state index in [4.69, 9.17) is 5.11 Å². The van der Waals surface area contributed by atoms with E-state index in [1.165, 1.54) is 19.3 Å². The van der Waals surface area contributed by atoms with Gasteiger partial charge >= 0.3 is 5.97 Å². The van der Waals surface area contributed by atoms with Crippen LogP contribution in [-0.4, -0.2) is 22.3 Å². The van der Waals surface area contributed by atoms with Crippen LogP contribution >= 0.6 is 0 Å². The molecule has 0 rings (SSSR count). The predicted octanol–water partition coefficient (Wildman–Crippen LogP) is 5.41. The van der Waals surface area contributed by atoms with E-state index < -0.39 is 12.1 Å². The number of carboxylic acids is 1. The number of carbonyl (C=O) groups is 1. The van der Waals surface area contributed by atoms with Crippen LogP contribution in [-0.2, 0) is 4.79 Å². The average molecular weight is 322 g/mol. The van der Waals surface area contributed by atoms with Gasteiger partial charge < -0.3 is 10.2 Å². The summed E-state index contributed by atoms with van der Waals surface area (Å²) in [5, 5.41) is 18.3. The van der Waals surface area contributed by atoms with Crippen molar-refractivity contribution >= 4 is 5.97 Å². The van der Waals surface area contributed by atoms with E-state index in [1.54, 1.807) is 0 Å². The Balaban J connectivity index is 3.50. The maximum absolute atomic E-state index is 10.3. The number of allylic oxidation sites excluding steroid dienone is 4. The minimum Gasteiger partial charge on any atom is -0.481 e. The molecule has 3 nitrogen and oxygen atoms in total. The number of hydrogen-bond acceptors (Lipinski definition) is 2. The highest BCUT2D eigenvalue weighted by molar-refractivity contribution is 5.66. The monoisotopic (exact) mass is 322 g/mol. The fourth-order valence-electron chi connectivity index (χ4n) is 2.20. The molecule has 0 aliphatic carbocycles. The highest BCUT2D eigenvalue weighted by atomic mass is 16.4. The lowest BCUT2D eigenvalue weighted by atomic mass is 10.1. The molecule has 0 aromatic heterocycles. The molecule has 23 heavy (non-hydrogen) atoms. The number of hydrogen-bond donors (Lipinski definition) is 2. The second kappa shape index (κ2) is 17.0. The Morgan fingerprint density at radius 2 is 1.61 bits per heavy atom. The van der Waals surface area contributed by atoms with Gasteiger partial charge in [0.2, 0.25) is 0 Å².